The van der Waals surface area contributed by atoms with E-state index in [1.54, 1.807) is 11.3 Å². The standard InChI is InChI=1S/C12H10FNOS/c13-11-3-1-10(2-4-11)12(15)14-7-9-5-6-16-8-9/h1-6,8H,7H2,(H,14,15). The number of hydrogen-bond donors (Lipinski definition) is 1. The first kappa shape index (κ1) is 10.8. The highest BCUT2D eigenvalue weighted by atomic mass is 32.1. The van der Waals surface area contributed by atoms with Crippen molar-refractivity contribution in [2.75, 3.05) is 0 Å². The summed E-state index contributed by atoms with van der Waals surface area (Å²) in [5, 5.41) is 6.70. The van der Waals surface area contributed by atoms with Gasteiger partial charge in [-0.15, -0.1) is 0 Å². The van der Waals surface area contributed by atoms with Crippen molar-refractivity contribution in [1.29, 1.82) is 0 Å². The summed E-state index contributed by atoms with van der Waals surface area (Å²) in [7, 11) is 0. The summed E-state index contributed by atoms with van der Waals surface area (Å²) in [4.78, 5) is 11.6. The molecule has 4 heteroatoms. The van der Waals surface area contributed by atoms with Crippen LogP contribution in [0.1, 0.15) is 15.9 Å². The molecule has 2 rings (SSSR count). The van der Waals surface area contributed by atoms with Gasteiger partial charge < -0.3 is 5.32 Å². The molecule has 0 radical (unpaired) electrons. The van der Waals surface area contributed by atoms with Crippen molar-refractivity contribution in [3.8, 4) is 0 Å². The van der Waals surface area contributed by atoms with Crippen LogP contribution in [-0.4, -0.2) is 5.91 Å². The highest BCUT2D eigenvalue weighted by Crippen LogP contribution is 2.06. The van der Waals surface area contributed by atoms with Crippen molar-refractivity contribution in [2.45, 2.75) is 6.54 Å². The number of hydrogen-bond acceptors (Lipinski definition) is 2. The number of thiophene rings is 1. The van der Waals surface area contributed by atoms with Gasteiger partial charge in [-0.2, -0.15) is 11.3 Å². The Morgan fingerprint density at radius 3 is 2.62 bits per heavy atom. The Bertz CT molecular complexity index is 464. The summed E-state index contributed by atoms with van der Waals surface area (Å²) in [5.41, 5.74) is 1.54. The molecule has 0 bridgehead atoms. The second kappa shape index (κ2) is 4.90. The Labute approximate surface area is 96.7 Å². The zero-order chi connectivity index (χ0) is 11.4. The van der Waals surface area contributed by atoms with Crippen LogP contribution in [0.15, 0.2) is 41.1 Å². The van der Waals surface area contributed by atoms with E-state index < -0.39 is 0 Å². The van der Waals surface area contributed by atoms with Crippen LogP contribution >= 0.6 is 11.3 Å². The van der Waals surface area contributed by atoms with Crippen molar-refractivity contribution >= 4 is 17.2 Å². The van der Waals surface area contributed by atoms with Crippen molar-refractivity contribution in [3.05, 3.63) is 58.0 Å². The van der Waals surface area contributed by atoms with E-state index in [9.17, 15) is 9.18 Å². The number of carbonyl (C=O) groups is 1. The van der Waals surface area contributed by atoms with Crippen LogP contribution in [0, 0.1) is 5.82 Å². The van der Waals surface area contributed by atoms with Crippen LogP contribution in [0.4, 0.5) is 4.39 Å². The predicted molar refractivity (Wildman–Crippen MR) is 61.9 cm³/mol. The lowest BCUT2D eigenvalue weighted by Crippen LogP contribution is -2.22. The highest BCUT2D eigenvalue weighted by molar-refractivity contribution is 7.07. The normalized spacial score (nSPS) is 10.1. The molecule has 0 fully saturated rings. The molecule has 16 heavy (non-hydrogen) atoms. The number of nitrogens with one attached hydrogen (secondary N) is 1. The van der Waals surface area contributed by atoms with E-state index in [1.165, 1.54) is 24.3 Å². The predicted octanol–water partition coefficient (Wildman–Crippen LogP) is 2.82. The SMILES string of the molecule is O=C(NCc1ccsc1)c1ccc(F)cc1. The molecule has 82 valence electrons. The van der Waals surface area contributed by atoms with Crippen molar-refractivity contribution in [2.24, 2.45) is 0 Å². The van der Waals surface area contributed by atoms with Crippen LogP contribution in [0.25, 0.3) is 0 Å². The largest absolute Gasteiger partial charge is 0.348 e. The molecule has 0 unspecified atom stereocenters. The van der Waals surface area contributed by atoms with Crippen LogP contribution in [0.5, 0.6) is 0 Å². The molecule has 0 saturated heterocycles. The second-order valence-electron chi connectivity index (χ2n) is 3.32. The van der Waals surface area contributed by atoms with E-state index in [0.29, 0.717) is 12.1 Å². The quantitative estimate of drug-likeness (QED) is 0.870. The van der Waals surface area contributed by atoms with E-state index in [0.717, 1.165) is 5.56 Å². The van der Waals surface area contributed by atoms with Crippen LogP contribution in [0.2, 0.25) is 0 Å². The maximum Gasteiger partial charge on any atom is 0.251 e. The van der Waals surface area contributed by atoms with E-state index in [-0.39, 0.29) is 11.7 Å². The maximum absolute atomic E-state index is 12.6. The monoisotopic (exact) mass is 235 g/mol. The fourth-order valence-corrected chi connectivity index (χ4v) is 1.95. The Hall–Kier alpha value is -1.68. The van der Waals surface area contributed by atoms with Gasteiger partial charge in [0, 0.05) is 12.1 Å². The Kier molecular flexibility index (Phi) is 3.31. The fourth-order valence-electron chi connectivity index (χ4n) is 1.28. The van der Waals surface area contributed by atoms with Gasteiger partial charge >= 0.3 is 0 Å². The molecular weight excluding hydrogens is 225 g/mol. The third kappa shape index (κ3) is 2.67. The number of benzene rings is 1. The summed E-state index contributed by atoms with van der Waals surface area (Å²) in [6, 6.07) is 7.45. The molecular formula is C12H10FNOS. The van der Waals surface area contributed by atoms with Crippen molar-refractivity contribution < 1.29 is 9.18 Å². The smallest absolute Gasteiger partial charge is 0.251 e. The molecule has 0 atom stereocenters. The lowest BCUT2D eigenvalue weighted by atomic mass is 10.2. The van der Waals surface area contributed by atoms with E-state index in [1.807, 2.05) is 16.8 Å². The molecule has 0 saturated carbocycles. The van der Waals surface area contributed by atoms with E-state index >= 15 is 0 Å². The van der Waals surface area contributed by atoms with Gasteiger partial charge in [0.05, 0.1) is 0 Å². The maximum atomic E-state index is 12.6. The molecule has 2 aromatic rings. The van der Waals surface area contributed by atoms with Crippen LogP contribution in [0.3, 0.4) is 0 Å². The van der Waals surface area contributed by atoms with Gasteiger partial charge in [0.15, 0.2) is 0 Å². The first-order chi connectivity index (χ1) is 7.75. The van der Waals surface area contributed by atoms with Crippen LogP contribution < -0.4 is 5.32 Å². The molecule has 0 aliphatic heterocycles. The average Bonchev–Trinajstić information content (AvgIpc) is 2.80. The Morgan fingerprint density at radius 1 is 1.25 bits per heavy atom. The minimum absolute atomic E-state index is 0.189. The molecule has 0 aliphatic rings. The summed E-state index contributed by atoms with van der Waals surface area (Å²) >= 11 is 1.59. The molecule has 0 spiro atoms. The van der Waals surface area contributed by atoms with E-state index in [2.05, 4.69) is 5.32 Å². The van der Waals surface area contributed by atoms with Gasteiger partial charge in [-0.05, 0) is 46.7 Å². The second-order valence-corrected chi connectivity index (χ2v) is 4.10. The molecule has 1 amide bonds. The minimum Gasteiger partial charge on any atom is -0.348 e. The molecule has 0 aliphatic carbocycles. The Balaban J connectivity index is 1.95. The molecule has 2 nitrogen and oxygen atoms in total. The van der Waals surface area contributed by atoms with Crippen LogP contribution in [-0.2, 0) is 6.54 Å². The first-order valence-electron chi connectivity index (χ1n) is 4.80. The minimum atomic E-state index is -0.339. The van der Waals surface area contributed by atoms with Gasteiger partial charge in [-0.1, -0.05) is 0 Å². The van der Waals surface area contributed by atoms with Gasteiger partial charge in [0.25, 0.3) is 5.91 Å². The Morgan fingerprint density at radius 2 is 2.00 bits per heavy atom. The lowest BCUT2D eigenvalue weighted by Gasteiger charge is -2.03. The number of halogens is 1. The third-order valence-corrected chi connectivity index (χ3v) is 2.87. The third-order valence-electron chi connectivity index (χ3n) is 2.14. The summed E-state index contributed by atoms with van der Waals surface area (Å²) < 4.78 is 12.6. The van der Waals surface area contributed by atoms with E-state index in [4.69, 9.17) is 0 Å². The average molecular weight is 235 g/mol. The van der Waals surface area contributed by atoms with Gasteiger partial charge in [-0.3, -0.25) is 4.79 Å². The number of amides is 1. The summed E-state index contributed by atoms with van der Waals surface area (Å²) in [5.74, 6) is -0.527. The molecule has 1 N–H and O–H groups in total. The van der Waals surface area contributed by atoms with Gasteiger partial charge in [-0.25, -0.2) is 4.39 Å². The van der Waals surface area contributed by atoms with Gasteiger partial charge in [0.1, 0.15) is 5.82 Å². The number of carbonyl (C=O) groups excluding carboxylic acids is 1. The molecule has 1 aromatic carbocycles. The zero-order valence-electron chi connectivity index (χ0n) is 8.44. The van der Waals surface area contributed by atoms with Crippen molar-refractivity contribution in [1.82, 2.24) is 5.32 Å². The summed E-state index contributed by atoms with van der Waals surface area (Å²) in [6.45, 7) is 0.500. The van der Waals surface area contributed by atoms with Crippen molar-refractivity contribution in [3.63, 3.8) is 0 Å². The highest BCUT2D eigenvalue weighted by Gasteiger charge is 2.04. The molecule has 1 aromatic heterocycles. The van der Waals surface area contributed by atoms with Gasteiger partial charge in [0.2, 0.25) is 0 Å². The lowest BCUT2D eigenvalue weighted by molar-refractivity contribution is 0.0951. The first-order valence-corrected chi connectivity index (χ1v) is 5.75. The molecule has 1 heterocycles. The summed E-state index contributed by atoms with van der Waals surface area (Å²) in [6.07, 6.45) is 0. The zero-order valence-corrected chi connectivity index (χ0v) is 9.26. The topological polar surface area (TPSA) is 29.1 Å². The number of rotatable bonds is 3. The fraction of sp³-hybridized carbons (Fsp3) is 0.0833.